The van der Waals surface area contributed by atoms with E-state index in [1.165, 1.54) is 17.3 Å². The van der Waals surface area contributed by atoms with E-state index in [2.05, 4.69) is 9.97 Å². The highest BCUT2D eigenvalue weighted by Gasteiger charge is 2.26. The maximum atomic E-state index is 12.0. The zero-order valence-electron chi connectivity index (χ0n) is 9.46. The average molecular weight is 235 g/mol. The van der Waals surface area contributed by atoms with Gasteiger partial charge in [0.15, 0.2) is 0 Å². The van der Waals surface area contributed by atoms with Crippen molar-refractivity contribution < 1.29 is 9.59 Å². The van der Waals surface area contributed by atoms with Crippen LogP contribution in [0.3, 0.4) is 0 Å². The Bertz CT molecular complexity index is 445. The molecule has 17 heavy (non-hydrogen) atoms. The molecule has 1 fully saturated rings. The molecule has 0 atom stereocenters. The minimum absolute atomic E-state index is 0.0759. The molecular formula is C10H13N5O2. The molecule has 7 heteroatoms. The molecular weight excluding hydrogens is 222 g/mol. The number of hydrogen-bond donors (Lipinski definition) is 1. The number of anilines is 1. The molecule has 2 heterocycles. The van der Waals surface area contributed by atoms with E-state index in [0.29, 0.717) is 13.1 Å². The van der Waals surface area contributed by atoms with Gasteiger partial charge in [-0.25, -0.2) is 9.97 Å². The Hall–Kier alpha value is -2.18. The van der Waals surface area contributed by atoms with Gasteiger partial charge in [0.05, 0.1) is 12.4 Å². The second kappa shape index (κ2) is 4.36. The van der Waals surface area contributed by atoms with Gasteiger partial charge in [-0.15, -0.1) is 0 Å². The molecule has 0 unspecified atom stereocenters. The Labute approximate surface area is 98.2 Å². The maximum absolute atomic E-state index is 12.0. The standard InChI is InChI=1S/C10H13N5O2/c1-14-2-3-15(6-9(14)16)10(17)7-4-13-8(11)5-12-7/h4-5H,2-3,6H2,1H3,(H2,11,13). The molecule has 0 spiro atoms. The fourth-order valence-corrected chi connectivity index (χ4v) is 1.54. The van der Waals surface area contributed by atoms with E-state index in [4.69, 9.17) is 5.73 Å². The molecule has 1 aromatic rings. The van der Waals surface area contributed by atoms with Gasteiger partial charge in [-0.05, 0) is 0 Å². The molecule has 2 rings (SSSR count). The Balaban J connectivity index is 2.10. The lowest BCUT2D eigenvalue weighted by molar-refractivity contribution is -0.133. The van der Waals surface area contributed by atoms with Gasteiger partial charge in [0.2, 0.25) is 5.91 Å². The van der Waals surface area contributed by atoms with Crippen molar-refractivity contribution in [2.45, 2.75) is 0 Å². The summed E-state index contributed by atoms with van der Waals surface area (Å²) in [5.74, 6) is -0.108. The second-order valence-electron chi connectivity index (χ2n) is 3.87. The molecule has 1 aliphatic heterocycles. The Morgan fingerprint density at radius 1 is 1.35 bits per heavy atom. The van der Waals surface area contributed by atoms with Crippen LogP contribution in [0.1, 0.15) is 10.5 Å². The minimum atomic E-state index is -0.293. The summed E-state index contributed by atoms with van der Waals surface area (Å²) in [7, 11) is 1.72. The number of nitrogens with zero attached hydrogens (tertiary/aromatic N) is 4. The van der Waals surface area contributed by atoms with Crippen LogP contribution in [0, 0.1) is 0 Å². The fraction of sp³-hybridized carbons (Fsp3) is 0.400. The molecule has 0 radical (unpaired) electrons. The molecule has 90 valence electrons. The van der Waals surface area contributed by atoms with E-state index < -0.39 is 0 Å². The molecule has 0 aliphatic carbocycles. The van der Waals surface area contributed by atoms with Crippen molar-refractivity contribution in [1.82, 2.24) is 19.8 Å². The van der Waals surface area contributed by atoms with Crippen molar-refractivity contribution >= 4 is 17.6 Å². The predicted molar refractivity (Wildman–Crippen MR) is 60.0 cm³/mol. The van der Waals surface area contributed by atoms with Crippen LogP contribution >= 0.6 is 0 Å². The zero-order chi connectivity index (χ0) is 12.4. The van der Waals surface area contributed by atoms with Crippen molar-refractivity contribution in [3.63, 3.8) is 0 Å². The maximum Gasteiger partial charge on any atom is 0.274 e. The van der Waals surface area contributed by atoms with Gasteiger partial charge in [0.1, 0.15) is 18.1 Å². The number of piperazine rings is 1. The van der Waals surface area contributed by atoms with E-state index in [0.717, 1.165) is 0 Å². The lowest BCUT2D eigenvalue weighted by Gasteiger charge is -2.31. The van der Waals surface area contributed by atoms with Crippen LogP contribution in [-0.2, 0) is 4.79 Å². The summed E-state index contributed by atoms with van der Waals surface area (Å²) in [6.07, 6.45) is 2.64. The van der Waals surface area contributed by atoms with Crippen LogP contribution < -0.4 is 5.73 Å². The summed E-state index contributed by atoms with van der Waals surface area (Å²) in [6, 6.07) is 0. The van der Waals surface area contributed by atoms with Crippen LogP contribution in [0.4, 0.5) is 5.82 Å². The van der Waals surface area contributed by atoms with Crippen LogP contribution in [0.5, 0.6) is 0 Å². The molecule has 0 saturated carbocycles. The highest BCUT2D eigenvalue weighted by atomic mass is 16.2. The number of aromatic nitrogens is 2. The van der Waals surface area contributed by atoms with E-state index in [9.17, 15) is 9.59 Å². The smallest absolute Gasteiger partial charge is 0.274 e. The molecule has 2 amide bonds. The SMILES string of the molecule is CN1CCN(C(=O)c2cnc(N)cn2)CC1=O. The second-order valence-corrected chi connectivity index (χ2v) is 3.87. The van der Waals surface area contributed by atoms with Crippen LogP contribution in [-0.4, -0.2) is 58.3 Å². The van der Waals surface area contributed by atoms with E-state index in [-0.39, 0.29) is 29.9 Å². The third-order valence-corrected chi connectivity index (χ3v) is 2.64. The van der Waals surface area contributed by atoms with Gasteiger partial charge in [-0.3, -0.25) is 9.59 Å². The first-order valence-corrected chi connectivity index (χ1v) is 5.18. The van der Waals surface area contributed by atoms with Crippen molar-refractivity contribution in [1.29, 1.82) is 0 Å². The number of nitrogen functional groups attached to an aromatic ring is 1. The molecule has 1 aliphatic rings. The van der Waals surface area contributed by atoms with Crippen LogP contribution in [0.25, 0.3) is 0 Å². The van der Waals surface area contributed by atoms with Gasteiger partial charge in [-0.1, -0.05) is 0 Å². The van der Waals surface area contributed by atoms with E-state index in [1.54, 1.807) is 11.9 Å². The summed E-state index contributed by atoms with van der Waals surface area (Å²) in [5.41, 5.74) is 5.59. The van der Waals surface area contributed by atoms with Gasteiger partial charge < -0.3 is 15.5 Å². The number of likely N-dealkylation sites (N-methyl/N-ethyl adjacent to an activating group) is 1. The summed E-state index contributed by atoms with van der Waals surface area (Å²) >= 11 is 0. The number of carbonyl (C=O) groups is 2. The number of nitrogens with two attached hydrogens (primary N) is 1. The van der Waals surface area contributed by atoms with Crippen molar-refractivity contribution in [3.05, 3.63) is 18.1 Å². The monoisotopic (exact) mass is 235 g/mol. The average Bonchev–Trinajstić information content (AvgIpc) is 2.33. The van der Waals surface area contributed by atoms with Gasteiger partial charge in [-0.2, -0.15) is 0 Å². The first kappa shape index (κ1) is 11.3. The lowest BCUT2D eigenvalue weighted by Crippen LogP contribution is -2.50. The molecule has 1 aromatic heterocycles. The van der Waals surface area contributed by atoms with Gasteiger partial charge in [0, 0.05) is 20.1 Å². The Kier molecular flexibility index (Phi) is 2.90. The molecule has 0 aromatic carbocycles. The number of carbonyl (C=O) groups excluding carboxylic acids is 2. The third-order valence-electron chi connectivity index (χ3n) is 2.64. The first-order chi connectivity index (χ1) is 8.08. The topological polar surface area (TPSA) is 92.4 Å². The van der Waals surface area contributed by atoms with Crippen molar-refractivity contribution in [3.8, 4) is 0 Å². The highest BCUT2D eigenvalue weighted by molar-refractivity contribution is 5.95. The summed E-state index contributed by atoms with van der Waals surface area (Å²) in [4.78, 5) is 34.2. The largest absolute Gasteiger partial charge is 0.382 e. The van der Waals surface area contributed by atoms with E-state index >= 15 is 0 Å². The minimum Gasteiger partial charge on any atom is -0.382 e. The zero-order valence-corrected chi connectivity index (χ0v) is 9.46. The Morgan fingerprint density at radius 2 is 2.12 bits per heavy atom. The van der Waals surface area contributed by atoms with Gasteiger partial charge in [0.25, 0.3) is 5.91 Å². The first-order valence-electron chi connectivity index (χ1n) is 5.18. The summed E-state index contributed by atoms with van der Waals surface area (Å²) < 4.78 is 0. The predicted octanol–water partition coefficient (Wildman–Crippen LogP) is -1.03. The van der Waals surface area contributed by atoms with Crippen LogP contribution in [0.15, 0.2) is 12.4 Å². The number of rotatable bonds is 1. The fourth-order valence-electron chi connectivity index (χ4n) is 1.54. The molecule has 2 N–H and O–H groups in total. The third kappa shape index (κ3) is 2.32. The highest BCUT2D eigenvalue weighted by Crippen LogP contribution is 2.06. The van der Waals surface area contributed by atoms with Crippen LogP contribution in [0.2, 0.25) is 0 Å². The molecule has 0 bridgehead atoms. The Morgan fingerprint density at radius 3 is 2.71 bits per heavy atom. The molecule has 1 saturated heterocycles. The lowest BCUT2D eigenvalue weighted by atomic mass is 10.3. The van der Waals surface area contributed by atoms with E-state index in [1.807, 2.05) is 0 Å². The number of hydrogen-bond acceptors (Lipinski definition) is 5. The molecule has 7 nitrogen and oxygen atoms in total. The van der Waals surface area contributed by atoms with Crippen molar-refractivity contribution in [2.24, 2.45) is 0 Å². The summed E-state index contributed by atoms with van der Waals surface area (Å²) in [5, 5.41) is 0. The normalized spacial score (nSPS) is 16.2. The quantitative estimate of drug-likeness (QED) is 0.672. The number of amides is 2. The van der Waals surface area contributed by atoms with Gasteiger partial charge >= 0.3 is 0 Å². The summed E-state index contributed by atoms with van der Waals surface area (Å²) in [6.45, 7) is 1.13. The van der Waals surface area contributed by atoms with Crippen molar-refractivity contribution in [2.75, 3.05) is 32.4 Å².